The van der Waals surface area contributed by atoms with Gasteiger partial charge in [0.2, 0.25) is 5.95 Å². The van der Waals surface area contributed by atoms with E-state index in [0.29, 0.717) is 11.5 Å². The Balaban J connectivity index is 1.12. The van der Waals surface area contributed by atoms with Gasteiger partial charge in [-0.2, -0.15) is 4.98 Å². The van der Waals surface area contributed by atoms with Crippen LogP contribution in [-0.2, 0) is 23.7 Å². The highest BCUT2D eigenvalue weighted by atomic mass is 19.1. The van der Waals surface area contributed by atoms with Gasteiger partial charge < -0.3 is 50.3 Å². The number of aliphatic imine (C=N–C) groups is 1. The van der Waals surface area contributed by atoms with Crippen LogP contribution in [0.1, 0.15) is 38.2 Å². The predicted molar refractivity (Wildman–Crippen MR) is 151 cm³/mol. The van der Waals surface area contributed by atoms with Gasteiger partial charge in [0.1, 0.15) is 42.7 Å². The minimum atomic E-state index is -2.26. The number of hydrogen-bond donors (Lipinski definition) is 6. The van der Waals surface area contributed by atoms with Crippen molar-refractivity contribution in [3.8, 4) is 0 Å². The van der Waals surface area contributed by atoms with Gasteiger partial charge >= 0.3 is 0 Å². The van der Waals surface area contributed by atoms with Gasteiger partial charge in [0.15, 0.2) is 47.1 Å². The van der Waals surface area contributed by atoms with Crippen molar-refractivity contribution in [2.24, 2.45) is 10.7 Å². The summed E-state index contributed by atoms with van der Waals surface area (Å²) < 4.78 is 61.4. The van der Waals surface area contributed by atoms with Crippen molar-refractivity contribution in [3.63, 3.8) is 0 Å². The maximum Gasteiger partial charge on any atom is 0.280 e. The molecule has 2 fully saturated rings. The number of aromatic nitrogens is 6. The van der Waals surface area contributed by atoms with Crippen LogP contribution in [0.5, 0.6) is 0 Å². The lowest BCUT2D eigenvalue weighted by molar-refractivity contribution is -0.0672. The number of aliphatic hydroxyl groups excluding tert-OH is 2. The first-order valence-corrected chi connectivity index (χ1v) is 13.9. The molecule has 0 bridgehead atoms. The van der Waals surface area contributed by atoms with Gasteiger partial charge in [-0.25, -0.2) is 23.7 Å². The summed E-state index contributed by atoms with van der Waals surface area (Å²) >= 11 is 0. The van der Waals surface area contributed by atoms with Crippen molar-refractivity contribution in [1.29, 1.82) is 0 Å². The molecule has 3 aromatic heterocycles. The number of aliphatic hydroxyl groups is 2. The Morgan fingerprint density at radius 3 is 2.38 bits per heavy atom. The molecule has 18 nitrogen and oxygen atoms in total. The monoisotopic (exact) mass is 640 g/mol. The first kappa shape index (κ1) is 31.2. The first-order valence-electron chi connectivity index (χ1n) is 13.9. The molecule has 9 unspecified atom stereocenters. The second-order valence-corrected chi connectivity index (χ2v) is 11.2. The third kappa shape index (κ3) is 5.20. The fourth-order valence-corrected chi connectivity index (χ4v) is 5.71. The Kier molecular flexibility index (Phi) is 8.00. The largest absolute Gasteiger partial charge is 0.387 e. The number of halogens is 2. The molecule has 0 aliphatic carbocycles. The van der Waals surface area contributed by atoms with E-state index in [1.165, 1.54) is 49.9 Å². The summed E-state index contributed by atoms with van der Waals surface area (Å²) in [6, 6.07) is 0. The fourth-order valence-electron chi connectivity index (χ4n) is 5.71. The number of nitrogens with zero attached hydrogens (tertiary/aromatic N) is 6. The molecule has 246 valence electrons. The highest BCUT2D eigenvalue weighted by Crippen LogP contribution is 2.45. The molecular formula is C25H34F2N10O8. The number of anilines is 2. The molecule has 0 radical (unpaired) electrons. The number of nitrogens with two attached hydrogens (primary N) is 1. The van der Waals surface area contributed by atoms with Crippen LogP contribution in [0.4, 0.5) is 20.5 Å². The third-order valence-corrected chi connectivity index (χ3v) is 8.11. The Morgan fingerprint density at radius 2 is 1.71 bits per heavy atom. The van der Waals surface area contributed by atoms with E-state index >= 15 is 8.78 Å². The number of fused-ring (bicyclic) bond motifs is 2. The summed E-state index contributed by atoms with van der Waals surface area (Å²) in [6.45, 7) is 1.82. The molecule has 0 aromatic carbocycles. The lowest BCUT2D eigenvalue weighted by Gasteiger charge is -2.27. The molecule has 0 spiro atoms. The number of alkyl halides is 2. The molecule has 0 saturated carbocycles. The minimum Gasteiger partial charge on any atom is -0.387 e. The number of hydrogen-bond acceptors (Lipinski definition) is 15. The van der Waals surface area contributed by atoms with Gasteiger partial charge in [-0.1, -0.05) is 0 Å². The molecule has 7 N–H and O–H groups in total. The first-order chi connectivity index (χ1) is 21.4. The summed E-state index contributed by atoms with van der Waals surface area (Å²) in [6.07, 6.45) is -6.05. The van der Waals surface area contributed by atoms with Crippen molar-refractivity contribution < 1.29 is 42.7 Å². The molecule has 6 rings (SSSR count). The number of imidazole rings is 2. The highest BCUT2D eigenvalue weighted by molar-refractivity contribution is 5.93. The molecule has 9 atom stereocenters. The molecule has 0 amide bonds. The summed E-state index contributed by atoms with van der Waals surface area (Å²) in [7, 11) is 2.82. The number of aromatic amines is 1. The summed E-state index contributed by atoms with van der Waals surface area (Å²) in [4.78, 5) is 31.9. The number of rotatable bonds is 10. The maximum absolute atomic E-state index is 15.8. The van der Waals surface area contributed by atoms with Crippen molar-refractivity contribution in [2.75, 3.05) is 44.8 Å². The van der Waals surface area contributed by atoms with Crippen LogP contribution in [0.15, 0.2) is 22.4 Å². The molecule has 2 saturated heterocycles. The Morgan fingerprint density at radius 1 is 1.07 bits per heavy atom. The zero-order valence-electron chi connectivity index (χ0n) is 24.7. The standard InChI is InChI=1S/C25H34F2N10O8/c1-24(26)14(38)10(5-41-3)44-20(24)36-7-29-12-16(36)33-23(34-18(12)40)31-9-43-6-11-15(39)25(2,27)21(45-11)37-8-30-13-17(37)32-22(28)35-19(13)42-4/h7-8,10-11,14-15,19-21,38-39H,5-6,9H2,1-4H3,(H3,28,32,35)(H2,31,33,34,40). The van der Waals surface area contributed by atoms with E-state index in [-0.39, 0.29) is 43.0 Å². The Bertz CT molecular complexity index is 1640. The number of nitrogens with one attached hydrogen (secondary N) is 3. The van der Waals surface area contributed by atoms with Crippen LogP contribution in [0.2, 0.25) is 0 Å². The quantitative estimate of drug-likeness (QED) is 0.120. The maximum atomic E-state index is 15.8. The van der Waals surface area contributed by atoms with E-state index in [1.807, 2.05) is 0 Å². The molecule has 3 aliphatic rings. The SMILES string of the molecule is COCC1OC(n2cnc3c(=O)[nH]c(NCOCC4OC(n5cnc6c5NC(N)=NC6OC)C(C)(F)C4O)nc32)C(C)(F)C1O. The van der Waals surface area contributed by atoms with E-state index in [0.717, 1.165) is 0 Å². The predicted octanol–water partition coefficient (Wildman–Crippen LogP) is -0.593. The van der Waals surface area contributed by atoms with Crippen LogP contribution in [0.3, 0.4) is 0 Å². The zero-order valence-corrected chi connectivity index (χ0v) is 24.7. The van der Waals surface area contributed by atoms with E-state index in [9.17, 15) is 15.0 Å². The zero-order chi connectivity index (χ0) is 32.3. The van der Waals surface area contributed by atoms with Gasteiger partial charge in [0.25, 0.3) is 5.56 Å². The third-order valence-electron chi connectivity index (χ3n) is 8.11. The second-order valence-electron chi connectivity index (χ2n) is 11.2. The lowest BCUT2D eigenvalue weighted by atomic mass is 9.98. The smallest absolute Gasteiger partial charge is 0.280 e. The molecule has 3 aliphatic heterocycles. The van der Waals surface area contributed by atoms with Crippen LogP contribution in [0.25, 0.3) is 11.2 Å². The lowest BCUT2D eigenvalue weighted by Crippen LogP contribution is -2.41. The van der Waals surface area contributed by atoms with Crippen LogP contribution in [-0.4, -0.2) is 115 Å². The number of methoxy groups -OCH3 is 2. The summed E-state index contributed by atoms with van der Waals surface area (Å²) in [5.41, 5.74) is 0.977. The number of ether oxygens (including phenoxy) is 5. The van der Waals surface area contributed by atoms with E-state index in [1.54, 1.807) is 0 Å². The van der Waals surface area contributed by atoms with E-state index in [2.05, 4.69) is 35.6 Å². The molecule has 3 aromatic rings. The van der Waals surface area contributed by atoms with Crippen molar-refractivity contribution in [1.82, 2.24) is 29.1 Å². The topological polar surface area (TPSA) is 230 Å². The molecule has 45 heavy (non-hydrogen) atoms. The fraction of sp³-hybridized carbons (Fsp3) is 0.640. The normalized spacial score (nSPS) is 34.6. The Hall–Kier alpha value is -3.79. The number of guanidine groups is 1. The molecule has 20 heteroatoms. The van der Waals surface area contributed by atoms with E-state index in [4.69, 9.17) is 29.4 Å². The van der Waals surface area contributed by atoms with Crippen LogP contribution in [0, 0.1) is 0 Å². The van der Waals surface area contributed by atoms with Crippen LogP contribution < -0.4 is 21.9 Å². The van der Waals surface area contributed by atoms with Crippen molar-refractivity contribution in [3.05, 3.63) is 28.7 Å². The highest BCUT2D eigenvalue weighted by Gasteiger charge is 2.56. The van der Waals surface area contributed by atoms with Gasteiger partial charge in [0.05, 0.1) is 25.9 Å². The average molecular weight is 641 g/mol. The van der Waals surface area contributed by atoms with Gasteiger partial charge in [0, 0.05) is 14.2 Å². The van der Waals surface area contributed by atoms with Crippen LogP contribution >= 0.6 is 0 Å². The average Bonchev–Trinajstić information content (AvgIpc) is 3.71. The molecular weight excluding hydrogens is 606 g/mol. The summed E-state index contributed by atoms with van der Waals surface area (Å²) in [5, 5.41) is 26.8. The van der Waals surface area contributed by atoms with Gasteiger partial charge in [-0.3, -0.25) is 18.9 Å². The van der Waals surface area contributed by atoms with Crippen molar-refractivity contribution >= 4 is 28.9 Å². The number of H-pyrrole nitrogens is 1. The van der Waals surface area contributed by atoms with E-state index < -0.39 is 60.0 Å². The molecule has 6 heterocycles. The summed E-state index contributed by atoms with van der Waals surface area (Å²) in [5.74, 6) is 0.297. The minimum absolute atomic E-state index is 0.00959. The second kappa shape index (κ2) is 11.5. The van der Waals surface area contributed by atoms with Crippen molar-refractivity contribution in [2.45, 2.75) is 68.3 Å². The Labute approximate surface area is 253 Å². The van der Waals surface area contributed by atoms with Gasteiger partial charge in [-0.15, -0.1) is 0 Å². The van der Waals surface area contributed by atoms with Gasteiger partial charge in [-0.05, 0) is 13.8 Å².